The quantitative estimate of drug-likeness (QED) is 0.872. The number of hydrogen-bond acceptors (Lipinski definition) is 4. The summed E-state index contributed by atoms with van der Waals surface area (Å²) in [6.45, 7) is 1.76. The van der Waals surface area contributed by atoms with Crippen molar-refractivity contribution in [2.75, 3.05) is 19.8 Å². The van der Waals surface area contributed by atoms with Gasteiger partial charge in [-0.25, -0.2) is 9.78 Å². The zero-order valence-electron chi connectivity index (χ0n) is 13.8. The lowest BCUT2D eigenvalue weighted by molar-refractivity contribution is 0.0650. The molecule has 2 aromatic rings. The van der Waals surface area contributed by atoms with Gasteiger partial charge in [0, 0.05) is 19.3 Å². The summed E-state index contributed by atoms with van der Waals surface area (Å²) in [6.07, 6.45) is 2.89. The van der Waals surface area contributed by atoms with Gasteiger partial charge < -0.3 is 14.7 Å². The van der Waals surface area contributed by atoms with Crippen molar-refractivity contribution in [2.45, 2.75) is 18.9 Å². The Morgan fingerprint density at radius 1 is 1.20 bits per heavy atom. The highest BCUT2D eigenvalue weighted by Crippen LogP contribution is 2.17. The van der Waals surface area contributed by atoms with Crippen molar-refractivity contribution >= 4 is 11.9 Å². The molecule has 6 nitrogen and oxygen atoms in total. The van der Waals surface area contributed by atoms with E-state index in [0.29, 0.717) is 25.3 Å². The van der Waals surface area contributed by atoms with Crippen molar-refractivity contribution in [2.24, 2.45) is 0 Å². The first kappa shape index (κ1) is 17.1. The lowest BCUT2D eigenvalue weighted by Gasteiger charge is -2.28. The number of rotatable bonds is 6. The van der Waals surface area contributed by atoms with E-state index in [1.165, 1.54) is 23.9 Å². The molecule has 130 valence electrons. The van der Waals surface area contributed by atoms with E-state index in [0.717, 1.165) is 12.8 Å². The molecule has 0 aliphatic carbocycles. The van der Waals surface area contributed by atoms with Gasteiger partial charge in [0.2, 0.25) is 0 Å². The fourth-order valence-corrected chi connectivity index (χ4v) is 2.92. The van der Waals surface area contributed by atoms with E-state index in [1.54, 1.807) is 0 Å². The number of amides is 1. The minimum Gasteiger partial charge on any atom is -0.477 e. The summed E-state index contributed by atoms with van der Waals surface area (Å²) in [5.41, 5.74) is 1.49. The smallest absolute Gasteiger partial charge is 0.354 e. The number of aromatic carboxylic acids is 1. The number of carboxylic acid groups (broad SMARTS) is 1. The van der Waals surface area contributed by atoms with Crippen LogP contribution >= 0.6 is 0 Å². The average molecular weight is 340 g/mol. The molecule has 1 amide bonds. The van der Waals surface area contributed by atoms with Crippen LogP contribution in [0.5, 0.6) is 0 Å². The van der Waals surface area contributed by atoms with Gasteiger partial charge in [-0.3, -0.25) is 4.79 Å². The molecule has 25 heavy (non-hydrogen) atoms. The average Bonchev–Trinajstić information content (AvgIpc) is 3.17. The second kappa shape index (κ2) is 7.90. The Kier molecular flexibility index (Phi) is 5.40. The third-order valence-corrected chi connectivity index (χ3v) is 4.32. The Bertz CT molecular complexity index is 725. The summed E-state index contributed by atoms with van der Waals surface area (Å²) in [6, 6.07) is 12.9. The molecule has 1 saturated heterocycles. The number of aromatic nitrogens is 1. The summed E-state index contributed by atoms with van der Waals surface area (Å²) < 4.78 is 5.44. The van der Waals surface area contributed by atoms with E-state index < -0.39 is 5.97 Å². The molecule has 0 unspecified atom stereocenters. The van der Waals surface area contributed by atoms with Crippen molar-refractivity contribution in [3.63, 3.8) is 0 Å². The number of hydrogen-bond donors (Lipinski definition) is 1. The molecule has 1 aromatic heterocycles. The van der Waals surface area contributed by atoms with E-state index >= 15 is 0 Å². The predicted molar refractivity (Wildman–Crippen MR) is 91.6 cm³/mol. The molecule has 0 spiro atoms. The first-order valence-electron chi connectivity index (χ1n) is 8.27. The number of nitrogens with zero attached hydrogens (tertiary/aromatic N) is 2. The second-order valence-electron chi connectivity index (χ2n) is 5.99. The minimum atomic E-state index is -1.11. The van der Waals surface area contributed by atoms with E-state index in [4.69, 9.17) is 9.84 Å². The summed E-state index contributed by atoms with van der Waals surface area (Å²) in [7, 11) is 0. The van der Waals surface area contributed by atoms with E-state index in [2.05, 4.69) is 4.98 Å². The highest BCUT2D eigenvalue weighted by molar-refractivity contribution is 5.95. The maximum Gasteiger partial charge on any atom is 0.354 e. The zero-order valence-corrected chi connectivity index (χ0v) is 13.8. The van der Waals surface area contributed by atoms with Gasteiger partial charge in [0.15, 0.2) is 0 Å². The lowest BCUT2D eigenvalue weighted by Crippen LogP contribution is -2.42. The van der Waals surface area contributed by atoms with Crippen LogP contribution in [-0.4, -0.2) is 52.7 Å². The van der Waals surface area contributed by atoms with Gasteiger partial charge >= 0.3 is 5.97 Å². The van der Waals surface area contributed by atoms with Crippen molar-refractivity contribution < 1.29 is 19.4 Å². The first-order valence-corrected chi connectivity index (χ1v) is 8.27. The van der Waals surface area contributed by atoms with Gasteiger partial charge in [0.1, 0.15) is 5.69 Å². The third-order valence-electron chi connectivity index (χ3n) is 4.32. The van der Waals surface area contributed by atoms with Crippen LogP contribution in [0.3, 0.4) is 0 Å². The van der Waals surface area contributed by atoms with Gasteiger partial charge in [-0.05, 0) is 30.5 Å². The van der Waals surface area contributed by atoms with Crippen LogP contribution < -0.4 is 0 Å². The van der Waals surface area contributed by atoms with Crippen LogP contribution in [0.25, 0.3) is 0 Å². The van der Waals surface area contributed by atoms with Gasteiger partial charge in [0.05, 0.1) is 18.2 Å². The van der Waals surface area contributed by atoms with Crippen LogP contribution in [0.2, 0.25) is 0 Å². The monoisotopic (exact) mass is 340 g/mol. The molecule has 0 radical (unpaired) electrons. The fourth-order valence-electron chi connectivity index (χ4n) is 2.92. The summed E-state index contributed by atoms with van der Waals surface area (Å²) in [5, 5.41) is 8.93. The summed E-state index contributed by atoms with van der Waals surface area (Å²) in [4.78, 5) is 29.5. The van der Waals surface area contributed by atoms with Gasteiger partial charge in [-0.15, -0.1) is 0 Å². The maximum atomic E-state index is 12.9. The molecule has 1 atom stereocenters. The maximum absolute atomic E-state index is 12.9. The Balaban J connectivity index is 1.75. The van der Waals surface area contributed by atoms with E-state index in [9.17, 15) is 9.59 Å². The molecule has 3 rings (SSSR count). The number of carbonyl (C=O) groups excluding carboxylic acids is 1. The minimum absolute atomic E-state index is 0.0374. The Labute approximate surface area is 146 Å². The first-order chi connectivity index (χ1) is 12.1. The van der Waals surface area contributed by atoms with E-state index in [-0.39, 0.29) is 17.6 Å². The standard InChI is InChI=1S/C19H20N2O4/c22-18(15-6-7-17(19(23)24)20-12-15)21(16-9-11-25-13-16)10-8-14-4-2-1-3-5-14/h1-7,12,16H,8-11,13H2,(H,23,24)/t16-/m0/s1. The topological polar surface area (TPSA) is 79.7 Å². The van der Waals surface area contributed by atoms with Gasteiger partial charge in [0.25, 0.3) is 5.91 Å². The molecule has 0 bridgehead atoms. The van der Waals surface area contributed by atoms with Crippen LogP contribution in [0.1, 0.15) is 32.8 Å². The molecular formula is C19H20N2O4. The van der Waals surface area contributed by atoms with Crippen LogP contribution in [0.4, 0.5) is 0 Å². The highest BCUT2D eigenvalue weighted by Gasteiger charge is 2.28. The molecule has 2 heterocycles. The molecule has 1 aliphatic rings. The molecule has 0 saturated carbocycles. The fraction of sp³-hybridized carbons (Fsp3) is 0.316. The van der Waals surface area contributed by atoms with Crippen molar-refractivity contribution in [1.29, 1.82) is 0 Å². The molecule has 6 heteroatoms. The number of carbonyl (C=O) groups is 2. The van der Waals surface area contributed by atoms with Crippen molar-refractivity contribution in [3.8, 4) is 0 Å². The normalized spacial score (nSPS) is 16.6. The highest BCUT2D eigenvalue weighted by atomic mass is 16.5. The number of ether oxygens (including phenoxy) is 1. The van der Waals surface area contributed by atoms with Crippen molar-refractivity contribution in [1.82, 2.24) is 9.88 Å². The third kappa shape index (κ3) is 4.22. The van der Waals surface area contributed by atoms with Gasteiger partial charge in [-0.1, -0.05) is 30.3 Å². The molecule has 1 N–H and O–H groups in total. The van der Waals surface area contributed by atoms with Crippen molar-refractivity contribution in [3.05, 3.63) is 65.5 Å². The summed E-state index contributed by atoms with van der Waals surface area (Å²) >= 11 is 0. The molecular weight excluding hydrogens is 320 g/mol. The largest absolute Gasteiger partial charge is 0.477 e. The molecule has 1 aromatic carbocycles. The van der Waals surface area contributed by atoms with Crippen LogP contribution in [-0.2, 0) is 11.2 Å². The molecule has 1 fully saturated rings. The Morgan fingerprint density at radius 2 is 2.00 bits per heavy atom. The summed E-state index contributed by atoms with van der Waals surface area (Å²) in [5.74, 6) is -1.25. The molecule has 1 aliphatic heterocycles. The van der Waals surface area contributed by atoms with Gasteiger partial charge in [-0.2, -0.15) is 0 Å². The van der Waals surface area contributed by atoms with Crippen LogP contribution in [0.15, 0.2) is 48.7 Å². The number of pyridine rings is 1. The second-order valence-corrected chi connectivity index (χ2v) is 5.99. The lowest BCUT2D eigenvalue weighted by atomic mass is 10.1. The number of carboxylic acids is 1. The van der Waals surface area contributed by atoms with Crippen LogP contribution in [0, 0.1) is 0 Å². The Hall–Kier alpha value is -2.73. The SMILES string of the molecule is O=C(O)c1ccc(C(=O)N(CCc2ccccc2)[C@H]2CCOC2)cn1. The van der Waals surface area contributed by atoms with E-state index in [1.807, 2.05) is 35.2 Å². The zero-order chi connectivity index (χ0) is 17.6. The Morgan fingerprint density at radius 3 is 2.60 bits per heavy atom. The number of benzene rings is 1. The predicted octanol–water partition coefficient (Wildman–Crippen LogP) is 2.25.